The Morgan fingerprint density at radius 2 is 1.75 bits per heavy atom. The first-order valence-electron chi connectivity index (χ1n) is 8.42. The van der Waals surface area contributed by atoms with E-state index in [1.165, 1.54) is 0 Å². The Hall–Kier alpha value is -1.84. The molecule has 4 heteroatoms. The van der Waals surface area contributed by atoms with E-state index in [0.717, 1.165) is 11.3 Å². The van der Waals surface area contributed by atoms with Gasteiger partial charge in [0.1, 0.15) is 5.75 Å². The Kier molecular flexibility index (Phi) is 6.58. The zero-order valence-electron chi connectivity index (χ0n) is 16.0. The lowest BCUT2D eigenvalue weighted by molar-refractivity contribution is -0.135. The zero-order chi connectivity index (χ0) is 18.5. The summed E-state index contributed by atoms with van der Waals surface area (Å²) in [6.07, 6.45) is 0.959. The van der Waals surface area contributed by atoms with Crippen LogP contribution in [0.5, 0.6) is 5.75 Å². The van der Waals surface area contributed by atoms with Gasteiger partial charge in [0, 0.05) is 11.8 Å². The third-order valence-corrected chi connectivity index (χ3v) is 3.95. The maximum absolute atomic E-state index is 12.7. The van der Waals surface area contributed by atoms with Crippen molar-refractivity contribution in [1.82, 2.24) is 5.32 Å². The van der Waals surface area contributed by atoms with E-state index in [1.54, 1.807) is 7.11 Å². The third kappa shape index (κ3) is 5.99. The molecule has 4 nitrogen and oxygen atoms in total. The number of carbonyl (C=O) groups is 2. The number of Topliss-reactive ketones (excluding diaryl/α,β-unsaturated/α-hetero) is 1. The van der Waals surface area contributed by atoms with Gasteiger partial charge in [0.25, 0.3) is 0 Å². The number of carbonyl (C=O) groups excluding carboxylic acids is 2. The highest BCUT2D eigenvalue weighted by molar-refractivity contribution is 5.93. The van der Waals surface area contributed by atoms with E-state index in [9.17, 15) is 9.59 Å². The van der Waals surface area contributed by atoms with E-state index in [2.05, 4.69) is 5.32 Å². The lowest BCUT2D eigenvalue weighted by Gasteiger charge is -2.34. The summed E-state index contributed by atoms with van der Waals surface area (Å²) in [4.78, 5) is 25.0. The first-order chi connectivity index (χ1) is 10.9. The van der Waals surface area contributed by atoms with Gasteiger partial charge in [-0.05, 0) is 29.5 Å². The van der Waals surface area contributed by atoms with Gasteiger partial charge in [0.15, 0.2) is 5.78 Å². The maximum atomic E-state index is 12.7. The number of amides is 1. The molecular formula is C20H31NO3. The van der Waals surface area contributed by atoms with E-state index in [-0.39, 0.29) is 17.1 Å². The molecule has 1 aromatic carbocycles. The third-order valence-electron chi connectivity index (χ3n) is 3.95. The van der Waals surface area contributed by atoms with Gasteiger partial charge >= 0.3 is 0 Å². The molecule has 0 heterocycles. The van der Waals surface area contributed by atoms with Crippen molar-refractivity contribution in [3.05, 3.63) is 29.8 Å². The van der Waals surface area contributed by atoms with E-state index in [4.69, 9.17) is 4.74 Å². The lowest BCUT2D eigenvalue weighted by Crippen LogP contribution is -2.52. The van der Waals surface area contributed by atoms with E-state index >= 15 is 0 Å². The predicted molar refractivity (Wildman–Crippen MR) is 97.2 cm³/mol. The zero-order valence-corrected chi connectivity index (χ0v) is 16.0. The van der Waals surface area contributed by atoms with Gasteiger partial charge < -0.3 is 10.1 Å². The fourth-order valence-electron chi connectivity index (χ4n) is 2.43. The predicted octanol–water partition coefficient (Wildman–Crippen LogP) is 3.77. The van der Waals surface area contributed by atoms with Gasteiger partial charge in [-0.1, -0.05) is 53.7 Å². The molecule has 0 fully saturated rings. The number of nitrogens with one attached hydrogen (secondary N) is 1. The topological polar surface area (TPSA) is 55.4 Å². The van der Waals surface area contributed by atoms with Crippen molar-refractivity contribution >= 4 is 11.7 Å². The SMILES string of the molecule is COc1cccc(CCC(=O)NC(C(=O)C(C)(C)C)C(C)(C)C)c1. The molecule has 0 spiro atoms. The number of ketones is 1. The van der Waals surface area contributed by atoms with Gasteiger partial charge in [0.05, 0.1) is 13.2 Å². The summed E-state index contributed by atoms with van der Waals surface area (Å²) in [5.41, 5.74) is 0.229. The van der Waals surface area contributed by atoms with Crippen LogP contribution in [-0.4, -0.2) is 24.8 Å². The first kappa shape index (κ1) is 20.2. The molecule has 1 unspecified atom stereocenters. The Morgan fingerprint density at radius 1 is 1.12 bits per heavy atom. The molecule has 0 aromatic heterocycles. The summed E-state index contributed by atoms with van der Waals surface area (Å²) in [5, 5.41) is 2.94. The largest absolute Gasteiger partial charge is 0.497 e. The van der Waals surface area contributed by atoms with Gasteiger partial charge in [-0.2, -0.15) is 0 Å². The molecular weight excluding hydrogens is 302 g/mol. The van der Waals surface area contributed by atoms with Gasteiger partial charge in [-0.3, -0.25) is 9.59 Å². The molecule has 1 aromatic rings. The van der Waals surface area contributed by atoms with Crippen LogP contribution in [0.3, 0.4) is 0 Å². The summed E-state index contributed by atoms with van der Waals surface area (Å²) >= 11 is 0. The summed E-state index contributed by atoms with van der Waals surface area (Å²) in [7, 11) is 1.62. The first-order valence-corrected chi connectivity index (χ1v) is 8.42. The summed E-state index contributed by atoms with van der Waals surface area (Å²) in [6.45, 7) is 11.6. The molecule has 0 saturated heterocycles. The maximum Gasteiger partial charge on any atom is 0.220 e. The van der Waals surface area contributed by atoms with Gasteiger partial charge in [0.2, 0.25) is 5.91 Å². The Labute approximate surface area is 146 Å². The molecule has 1 atom stereocenters. The molecule has 24 heavy (non-hydrogen) atoms. The second-order valence-electron chi connectivity index (χ2n) is 8.33. The number of rotatable bonds is 6. The lowest BCUT2D eigenvalue weighted by atomic mass is 9.75. The van der Waals surface area contributed by atoms with Crippen LogP contribution < -0.4 is 10.1 Å². The second kappa shape index (κ2) is 7.82. The molecule has 0 aliphatic heterocycles. The average Bonchev–Trinajstić information content (AvgIpc) is 2.48. The average molecular weight is 333 g/mol. The molecule has 1 N–H and O–H groups in total. The molecule has 1 rings (SSSR count). The molecule has 1 amide bonds. The molecule has 0 aliphatic rings. The Bertz CT molecular complexity index is 579. The highest BCUT2D eigenvalue weighted by atomic mass is 16.5. The number of benzene rings is 1. The fraction of sp³-hybridized carbons (Fsp3) is 0.600. The highest BCUT2D eigenvalue weighted by Gasteiger charge is 2.38. The monoisotopic (exact) mass is 333 g/mol. The van der Waals surface area contributed by atoms with E-state index in [0.29, 0.717) is 12.8 Å². The van der Waals surface area contributed by atoms with Crippen molar-refractivity contribution in [3.63, 3.8) is 0 Å². The van der Waals surface area contributed by atoms with Crippen molar-refractivity contribution in [2.75, 3.05) is 7.11 Å². The smallest absolute Gasteiger partial charge is 0.220 e. The van der Waals surface area contributed by atoms with E-state index < -0.39 is 11.5 Å². The van der Waals surface area contributed by atoms with Crippen LogP contribution in [-0.2, 0) is 16.0 Å². The standard InChI is InChI=1S/C20H31NO3/c1-19(2,3)17(18(23)20(4,5)6)21-16(22)12-11-14-9-8-10-15(13-14)24-7/h8-10,13,17H,11-12H2,1-7H3,(H,21,22). The molecule has 134 valence electrons. The second-order valence-corrected chi connectivity index (χ2v) is 8.33. The van der Waals surface area contributed by atoms with Crippen LogP contribution in [0.25, 0.3) is 0 Å². The minimum absolute atomic E-state index is 0.0599. The van der Waals surface area contributed by atoms with E-state index in [1.807, 2.05) is 65.8 Å². The minimum Gasteiger partial charge on any atom is -0.497 e. The molecule has 0 saturated carbocycles. The van der Waals surface area contributed by atoms with Crippen molar-refractivity contribution in [3.8, 4) is 5.75 Å². The quantitative estimate of drug-likeness (QED) is 0.862. The highest BCUT2D eigenvalue weighted by Crippen LogP contribution is 2.27. The van der Waals surface area contributed by atoms with Crippen LogP contribution in [0.4, 0.5) is 0 Å². The molecule has 0 radical (unpaired) electrons. The van der Waals surface area contributed by atoms with Crippen molar-refractivity contribution < 1.29 is 14.3 Å². The number of hydrogen-bond acceptors (Lipinski definition) is 3. The number of hydrogen-bond donors (Lipinski definition) is 1. The van der Waals surface area contributed by atoms with Crippen LogP contribution in [0, 0.1) is 10.8 Å². The van der Waals surface area contributed by atoms with Crippen molar-refractivity contribution in [2.45, 2.75) is 60.4 Å². The minimum atomic E-state index is -0.490. The molecule has 0 bridgehead atoms. The van der Waals surface area contributed by atoms with Crippen LogP contribution >= 0.6 is 0 Å². The fourth-order valence-corrected chi connectivity index (χ4v) is 2.43. The van der Waals surface area contributed by atoms with Gasteiger partial charge in [-0.15, -0.1) is 0 Å². The molecule has 0 aliphatic carbocycles. The normalized spacial score (nSPS) is 13.3. The summed E-state index contributed by atoms with van der Waals surface area (Å²) in [6, 6.07) is 7.19. The van der Waals surface area contributed by atoms with Crippen LogP contribution in [0.2, 0.25) is 0 Å². The number of aryl methyl sites for hydroxylation is 1. The van der Waals surface area contributed by atoms with Crippen molar-refractivity contribution in [1.29, 1.82) is 0 Å². The summed E-state index contributed by atoms with van der Waals surface area (Å²) < 4.78 is 5.19. The van der Waals surface area contributed by atoms with Crippen molar-refractivity contribution in [2.24, 2.45) is 10.8 Å². The number of ether oxygens (including phenoxy) is 1. The van der Waals surface area contributed by atoms with Gasteiger partial charge in [-0.25, -0.2) is 0 Å². The number of methoxy groups -OCH3 is 1. The Morgan fingerprint density at radius 3 is 2.25 bits per heavy atom. The van der Waals surface area contributed by atoms with Crippen LogP contribution in [0.15, 0.2) is 24.3 Å². The summed E-state index contributed by atoms with van der Waals surface area (Å²) in [5.74, 6) is 0.739. The Balaban J connectivity index is 2.73. The van der Waals surface area contributed by atoms with Crippen LogP contribution in [0.1, 0.15) is 53.5 Å².